The monoisotopic (exact) mass is 277 g/mol. The van der Waals surface area contributed by atoms with E-state index >= 15 is 0 Å². The van der Waals surface area contributed by atoms with Gasteiger partial charge in [-0.15, -0.1) is 11.3 Å². The molecule has 0 aliphatic heterocycles. The summed E-state index contributed by atoms with van der Waals surface area (Å²) >= 11 is 1.31. The Morgan fingerprint density at radius 1 is 1.39 bits per heavy atom. The molecule has 2 heterocycles. The van der Waals surface area contributed by atoms with Gasteiger partial charge in [-0.2, -0.15) is 18.2 Å². The van der Waals surface area contributed by atoms with Crippen molar-refractivity contribution < 1.29 is 17.9 Å². The van der Waals surface area contributed by atoms with Gasteiger partial charge < -0.3 is 10.1 Å². The molecule has 0 bridgehead atoms. The predicted octanol–water partition coefficient (Wildman–Crippen LogP) is 3.06. The molecule has 8 heteroatoms. The second-order valence-corrected chi connectivity index (χ2v) is 4.44. The first-order valence-electron chi connectivity index (χ1n) is 5.08. The van der Waals surface area contributed by atoms with Crippen molar-refractivity contribution in [1.29, 1.82) is 0 Å². The van der Waals surface area contributed by atoms with Crippen LogP contribution in [0.2, 0.25) is 0 Å². The number of rotatable bonds is 3. The van der Waals surface area contributed by atoms with Crippen LogP contribution in [0, 0.1) is 0 Å². The molecular formula is C10H10F3N3OS. The maximum absolute atomic E-state index is 12.5. The molecule has 2 aromatic rings. The summed E-state index contributed by atoms with van der Waals surface area (Å²) in [6.45, 7) is 0.944. The molecule has 1 unspecified atom stereocenters. The SMILES string of the molecule is CNc1nc(OC(C)C(F)(F)F)c2ccsc2n1. The quantitative estimate of drug-likeness (QED) is 0.936. The number of hydrogen-bond donors (Lipinski definition) is 1. The van der Waals surface area contributed by atoms with Gasteiger partial charge in [-0.1, -0.05) is 0 Å². The van der Waals surface area contributed by atoms with Crippen LogP contribution in [-0.4, -0.2) is 29.3 Å². The van der Waals surface area contributed by atoms with Crippen LogP contribution in [0.25, 0.3) is 10.2 Å². The van der Waals surface area contributed by atoms with Crippen LogP contribution in [0.1, 0.15) is 6.92 Å². The van der Waals surface area contributed by atoms with Crippen LogP contribution >= 0.6 is 11.3 Å². The van der Waals surface area contributed by atoms with E-state index in [1.165, 1.54) is 11.3 Å². The summed E-state index contributed by atoms with van der Waals surface area (Å²) in [6.07, 6.45) is -6.34. The number of nitrogens with zero attached hydrogens (tertiary/aromatic N) is 2. The Kier molecular flexibility index (Phi) is 3.29. The van der Waals surface area contributed by atoms with Crippen LogP contribution in [0.3, 0.4) is 0 Å². The van der Waals surface area contributed by atoms with Crippen molar-refractivity contribution in [2.75, 3.05) is 12.4 Å². The van der Waals surface area contributed by atoms with Crippen LogP contribution in [0.15, 0.2) is 11.4 Å². The van der Waals surface area contributed by atoms with E-state index in [9.17, 15) is 13.2 Å². The number of thiophene rings is 1. The molecule has 0 spiro atoms. The lowest BCUT2D eigenvalue weighted by Gasteiger charge is -2.17. The second kappa shape index (κ2) is 4.60. The van der Waals surface area contributed by atoms with E-state index < -0.39 is 12.3 Å². The first-order chi connectivity index (χ1) is 8.41. The summed E-state index contributed by atoms with van der Waals surface area (Å²) in [5.41, 5.74) is 0. The molecule has 98 valence electrons. The molecule has 2 rings (SSSR count). The summed E-state index contributed by atoms with van der Waals surface area (Å²) in [7, 11) is 1.59. The lowest BCUT2D eigenvalue weighted by molar-refractivity contribution is -0.189. The minimum atomic E-state index is -4.42. The van der Waals surface area contributed by atoms with E-state index in [1.807, 2.05) is 0 Å². The summed E-state index contributed by atoms with van der Waals surface area (Å²) in [5.74, 6) is 0.171. The van der Waals surface area contributed by atoms with Crippen LogP contribution in [0.4, 0.5) is 19.1 Å². The van der Waals surface area contributed by atoms with Crippen LogP contribution < -0.4 is 10.1 Å². The molecule has 0 radical (unpaired) electrons. The standard InChI is InChI=1S/C10H10F3N3OS/c1-5(10(11,12)13)17-7-6-3-4-18-8(6)16-9(14-2)15-7/h3-5H,1-2H3,(H,14,15,16). The van der Waals surface area contributed by atoms with Crippen molar-refractivity contribution >= 4 is 27.5 Å². The number of alkyl halides is 3. The Hall–Kier alpha value is -1.57. The third-order valence-electron chi connectivity index (χ3n) is 2.26. The molecule has 2 aromatic heterocycles. The van der Waals surface area contributed by atoms with E-state index in [2.05, 4.69) is 15.3 Å². The molecule has 4 nitrogen and oxygen atoms in total. The Morgan fingerprint density at radius 3 is 2.72 bits per heavy atom. The van der Waals surface area contributed by atoms with E-state index in [1.54, 1.807) is 18.5 Å². The number of hydrogen-bond acceptors (Lipinski definition) is 5. The number of ether oxygens (including phenoxy) is 1. The number of anilines is 1. The molecule has 1 atom stereocenters. The van der Waals surface area contributed by atoms with Gasteiger partial charge in [0.2, 0.25) is 11.8 Å². The first-order valence-corrected chi connectivity index (χ1v) is 5.96. The van der Waals surface area contributed by atoms with E-state index in [4.69, 9.17) is 4.74 Å². The first kappa shape index (κ1) is 12.9. The largest absolute Gasteiger partial charge is 0.464 e. The molecule has 0 saturated carbocycles. The zero-order chi connectivity index (χ0) is 13.3. The smallest absolute Gasteiger partial charge is 0.425 e. The highest BCUT2D eigenvalue weighted by atomic mass is 32.1. The minimum absolute atomic E-state index is 0.0598. The van der Waals surface area contributed by atoms with Gasteiger partial charge in [0.15, 0.2) is 6.10 Å². The predicted molar refractivity (Wildman–Crippen MR) is 63.1 cm³/mol. The molecule has 0 aliphatic rings. The molecular weight excluding hydrogens is 267 g/mol. The number of halogens is 3. The molecule has 1 N–H and O–H groups in total. The highest BCUT2D eigenvalue weighted by Crippen LogP contribution is 2.31. The second-order valence-electron chi connectivity index (χ2n) is 3.54. The molecule has 0 saturated heterocycles. The maximum Gasteiger partial charge on any atom is 0.425 e. The summed E-state index contributed by atoms with van der Waals surface area (Å²) in [6, 6.07) is 1.64. The number of aromatic nitrogens is 2. The van der Waals surface area contributed by atoms with Crippen molar-refractivity contribution in [3.8, 4) is 5.88 Å². The van der Waals surface area contributed by atoms with Crippen molar-refractivity contribution in [2.45, 2.75) is 19.2 Å². The molecule has 0 aromatic carbocycles. The van der Waals surface area contributed by atoms with Gasteiger partial charge in [0.1, 0.15) is 4.83 Å². The molecule has 0 aliphatic carbocycles. The van der Waals surface area contributed by atoms with Crippen molar-refractivity contribution in [3.05, 3.63) is 11.4 Å². The fourth-order valence-electron chi connectivity index (χ4n) is 1.26. The zero-order valence-electron chi connectivity index (χ0n) is 9.58. The average molecular weight is 277 g/mol. The number of nitrogens with one attached hydrogen (secondary N) is 1. The highest BCUT2D eigenvalue weighted by Gasteiger charge is 2.38. The van der Waals surface area contributed by atoms with Crippen molar-refractivity contribution in [2.24, 2.45) is 0 Å². The fraction of sp³-hybridized carbons (Fsp3) is 0.400. The Morgan fingerprint density at radius 2 is 2.11 bits per heavy atom. The van der Waals surface area contributed by atoms with Gasteiger partial charge in [-0.25, -0.2) is 4.98 Å². The van der Waals surface area contributed by atoms with Gasteiger partial charge in [0.25, 0.3) is 0 Å². The van der Waals surface area contributed by atoms with Gasteiger partial charge >= 0.3 is 6.18 Å². The van der Waals surface area contributed by atoms with Crippen molar-refractivity contribution in [1.82, 2.24) is 9.97 Å². The molecule has 18 heavy (non-hydrogen) atoms. The summed E-state index contributed by atoms with van der Waals surface area (Å²) in [4.78, 5) is 8.61. The van der Waals surface area contributed by atoms with Crippen LogP contribution in [-0.2, 0) is 0 Å². The maximum atomic E-state index is 12.5. The minimum Gasteiger partial charge on any atom is -0.464 e. The average Bonchev–Trinajstić information content (AvgIpc) is 2.75. The Bertz CT molecular complexity index is 555. The third-order valence-corrected chi connectivity index (χ3v) is 3.07. The van der Waals surface area contributed by atoms with Crippen LogP contribution in [0.5, 0.6) is 5.88 Å². The molecule has 0 amide bonds. The lowest BCUT2D eigenvalue weighted by atomic mass is 10.3. The Labute approximate surface area is 105 Å². The van der Waals surface area contributed by atoms with Gasteiger partial charge in [-0.3, -0.25) is 0 Å². The van der Waals surface area contributed by atoms with E-state index in [0.29, 0.717) is 10.2 Å². The van der Waals surface area contributed by atoms with E-state index in [0.717, 1.165) is 6.92 Å². The summed E-state index contributed by atoms with van der Waals surface area (Å²) < 4.78 is 42.3. The zero-order valence-corrected chi connectivity index (χ0v) is 10.4. The van der Waals surface area contributed by atoms with Gasteiger partial charge in [0.05, 0.1) is 5.39 Å². The third kappa shape index (κ3) is 2.47. The highest BCUT2D eigenvalue weighted by molar-refractivity contribution is 7.16. The van der Waals surface area contributed by atoms with E-state index in [-0.39, 0.29) is 11.8 Å². The molecule has 0 fully saturated rings. The normalized spacial score (nSPS) is 13.6. The van der Waals surface area contributed by atoms with Gasteiger partial charge in [0, 0.05) is 7.05 Å². The Balaban J connectivity index is 2.40. The van der Waals surface area contributed by atoms with Crippen molar-refractivity contribution in [3.63, 3.8) is 0 Å². The topological polar surface area (TPSA) is 47.0 Å². The number of fused-ring (bicyclic) bond motifs is 1. The van der Waals surface area contributed by atoms with Gasteiger partial charge in [-0.05, 0) is 18.4 Å². The fourth-order valence-corrected chi connectivity index (χ4v) is 2.02. The summed E-state index contributed by atoms with van der Waals surface area (Å²) in [5, 5.41) is 4.89. The lowest BCUT2D eigenvalue weighted by Crippen LogP contribution is -2.31.